The van der Waals surface area contributed by atoms with Crippen LogP contribution in [0.1, 0.15) is 25.0 Å². The van der Waals surface area contributed by atoms with Crippen LogP contribution in [-0.4, -0.2) is 36.4 Å². The van der Waals surface area contributed by atoms with Gasteiger partial charge in [-0.25, -0.2) is 0 Å². The Bertz CT molecular complexity index is 645. The quantitative estimate of drug-likeness (QED) is 0.902. The monoisotopic (exact) mass is 326 g/mol. The molecule has 0 radical (unpaired) electrons. The van der Waals surface area contributed by atoms with Crippen LogP contribution in [0.15, 0.2) is 36.4 Å². The van der Waals surface area contributed by atoms with E-state index in [1.54, 1.807) is 12.1 Å². The molecule has 1 fully saturated rings. The van der Waals surface area contributed by atoms with E-state index in [9.17, 15) is 10.2 Å². The highest BCUT2D eigenvalue weighted by molar-refractivity contribution is 5.60. The second-order valence-corrected chi connectivity index (χ2v) is 6.31. The Kier molecular flexibility index (Phi) is 4.84. The first kappa shape index (κ1) is 16.5. The van der Waals surface area contributed by atoms with E-state index in [0.29, 0.717) is 11.5 Å². The maximum Gasteiger partial charge on any atom is 0.116 e. The average molecular weight is 326 g/mol. The summed E-state index contributed by atoms with van der Waals surface area (Å²) in [4.78, 5) is 4.81. The number of benzene rings is 2. The SMILES string of the molecule is CCc1cc(O)ccc1N1CCN(c2ccc(O)cc2CC)CC1. The van der Waals surface area contributed by atoms with E-state index in [1.165, 1.54) is 22.5 Å². The molecular weight excluding hydrogens is 300 g/mol. The second kappa shape index (κ2) is 7.04. The van der Waals surface area contributed by atoms with Crippen molar-refractivity contribution < 1.29 is 10.2 Å². The molecule has 3 rings (SSSR count). The Hall–Kier alpha value is -2.36. The van der Waals surface area contributed by atoms with Gasteiger partial charge >= 0.3 is 0 Å². The number of piperazine rings is 1. The fourth-order valence-corrected chi connectivity index (χ4v) is 3.52. The maximum atomic E-state index is 9.69. The van der Waals surface area contributed by atoms with Crippen molar-refractivity contribution in [3.8, 4) is 11.5 Å². The smallest absolute Gasteiger partial charge is 0.116 e. The Morgan fingerprint density at radius 2 is 1.08 bits per heavy atom. The minimum Gasteiger partial charge on any atom is -0.508 e. The van der Waals surface area contributed by atoms with E-state index in [4.69, 9.17) is 0 Å². The third-order valence-corrected chi connectivity index (χ3v) is 4.85. The molecule has 2 aromatic rings. The first-order chi connectivity index (χ1) is 11.6. The number of phenolic OH excluding ortho intramolecular Hbond substituents is 2. The lowest BCUT2D eigenvalue weighted by Gasteiger charge is -2.39. The number of nitrogens with zero attached hydrogens (tertiary/aromatic N) is 2. The van der Waals surface area contributed by atoms with Crippen LogP contribution in [0.4, 0.5) is 11.4 Å². The third-order valence-electron chi connectivity index (χ3n) is 4.85. The summed E-state index contributed by atoms with van der Waals surface area (Å²) < 4.78 is 0. The molecule has 0 atom stereocenters. The molecule has 128 valence electrons. The number of aryl methyl sites for hydroxylation is 2. The summed E-state index contributed by atoms with van der Waals surface area (Å²) in [6.07, 6.45) is 1.84. The highest BCUT2D eigenvalue weighted by Crippen LogP contribution is 2.29. The van der Waals surface area contributed by atoms with Gasteiger partial charge < -0.3 is 20.0 Å². The summed E-state index contributed by atoms with van der Waals surface area (Å²) in [7, 11) is 0. The fraction of sp³-hybridized carbons (Fsp3) is 0.400. The van der Waals surface area contributed by atoms with Gasteiger partial charge in [-0.2, -0.15) is 0 Å². The van der Waals surface area contributed by atoms with Gasteiger partial charge in [0.05, 0.1) is 0 Å². The summed E-state index contributed by atoms with van der Waals surface area (Å²) in [6.45, 7) is 8.09. The Balaban J connectivity index is 1.75. The van der Waals surface area contributed by atoms with Gasteiger partial charge in [0.1, 0.15) is 11.5 Å². The Morgan fingerprint density at radius 3 is 1.42 bits per heavy atom. The fourth-order valence-electron chi connectivity index (χ4n) is 3.52. The summed E-state index contributed by atoms with van der Waals surface area (Å²) in [5, 5.41) is 19.4. The van der Waals surface area contributed by atoms with Gasteiger partial charge in [-0.3, -0.25) is 0 Å². The number of rotatable bonds is 4. The molecule has 0 spiro atoms. The Morgan fingerprint density at radius 1 is 0.708 bits per heavy atom. The molecule has 0 bridgehead atoms. The lowest BCUT2D eigenvalue weighted by Crippen LogP contribution is -2.47. The van der Waals surface area contributed by atoms with E-state index in [2.05, 4.69) is 23.6 Å². The molecule has 4 nitrogen and oxygen atoms in total. The predicted molar refractivity (Wildman–Crippen MR) is 99.4 cm³/mol. The summed E-state index contributed by atoms with van der Waals surface area (Å²) in [6, 6.07) is 11.4. The normalized spacial score (nSPS) is 14.9. The Labute approximate surface area is 144 Å². The molecule has 0 amide bonds. The molecule has 0 saturated carbocycles. The van der Waals surface area contributed by atoms with Crippen molar-refractivity contribution in [2.24, 2.45) is 0 Å². The van der Waals surface area contributed by atoms with E-state index < -0.39 is 0 Å². The molecule has 0 unspecified atom stereocenters. The van der Waals surface area contributed by atoms with E-state index >= 15 is 0 Å². The number of anilines is 2. The van der Waals surface area contributed by atoms with Gasteiger partial charge in [0, 0.05) is 37.6 Å². The molecule has 2 aromatic carbocycles. The van der Waals surface area contributed by atoms with Gasteiger partial charge in [0.2, 0.25) is 0 Å². The third kappa shape index (κ3) is 3.28. The summed E-state index contributed by atoms with van der Waals surface area (Å²) in [5.41, 5.74) is 4.86. The van der Waals surface area contributed by atoms with Crippen molar-refractivity contribution in [3.63, 3.8) is 0 Å². The molecule has 0 aliphatic carbocycles. The molecular formula is C20H26N2O2. The van der Waals surface area contributed by atoms with Crippen LogP contribution in [0.3, 0.4) is 0 Å². The maximum absolute atomic E-state index is 9.69. The zero-order valence-corrected chi connectivity index (χ0v) is 14.5. The van der Waals surface area contributed by atoms with Crippen molar-refractivity contribution in [3.05, 3.63) is 47.5 Å². The first-order valence-electron chi connectivity index (χ1n) is 8.76. The van der Waals surface area contributed by atoms with Crippen LogP contribution < -0.4 is 9.80 Å². The second-order valence-electron chi connectivity index (χ2n) is 6.31. The van der Waals surface area contributed by atoms with Gasteiger partial charge in [-0.05, 0) is 60.4 Å². The molecule has 1 saturated heterocycles. The van der Waals surface area contributed by atoms with Crippen LogP contribution >= 0.6 is 0 Å². The number of aromatic hydroxyl groups is 2. The summed E-state index contributed by atoms with van der Waals surface area (Å²) in [5.74, 6) is 0.678. The molecule has 2 N–H and O–H groups in total. The molecule has 1 heterocycles. The van der Waals surface area contributed by atoms with E-state index in [1.807, 2.05) is 24.3 Å². The van der Waals surface area contributed by atoms with E-state index in [0.717, 1.165) is 39.0 Å². The van der Waals surface area contributed by atoms with Crippen LogP contribution in [-0.2, 0) is 12.8 Å². The zero-order valence-electron chi connectivity index (χ0n) is 14.5. The average Bonchev–Trinajstić information content (AvgIpc) is 2.61. The van der Waals surface area contributed by atoms with Crippen LogP contribution in [0.5, 0.6) is 11.5 Å². The van der Waals surface area contributed by atoms with E-state index in [-0.39, 0.29) is 0 Å². The van der Waals surface area contributed by atoms with Crippen molar-refractivity contribution in [1.82, 2.24) is 0 Å². The standard InChI is InChI=1S/C20H26N2O2/c1-3-15-13-17(23)5-7-19(15)21-9-11-22(12-10-21)20-8-6-18(24)14-16(20)4-2/h5-8,13-14,23-24H,3-4,9-12H2,1-2H3. The largest absolute Gasteiger partial charge is 0.508 e. The van der Waals surface area contributed by atoms with Crippen molar-refractivity contribution in [1.29, 1.82) is 0 Å². The predicted octanol–water partition coefficient (Wildman–Crippen LogP) is 3.55. The minimum absolute atomic E-state index is 0.339. The van der Waals surface area contributed by atoms with Gasteiger partial charge in [0.25, 0.3) is 0 Å². The van der Waals surface area contributed by atoms with Gasteiger partial charge in [-0.1, -0.05) is 13.8 Å². The highest BCUT2D eigenvalue weighted by Gasteiger charge is 2.20. The van der Waals surface area contributed by atoms with Crippen molar-refractivity contribution >= 4 is 11.4 Å². The number of phenols is 2. The van der Waals surface area contributed by atoms with Crippen LogP contribution in [0, 0.1) is 0 Å². The van der Waals surface area contributed by atoms with Crippen LogP contribution in [0.2, 0.25) is 0 Å². The lowest BCUT2D eigenvalue weighted by molar-refractivity contribution is 0.473. The molecule has 1 aliphatic heterocycles. The minimum atomic E-state index is 0.339. The molecule has 4 heteroatoms. The molecule has 0 aromatic heterocycles. The molecule has 1 aliphatic rings. The highest BCUT2D eigenvalue weighted by atomic mass is 16.3. The summed E-state index contributed by atoms with van der Waals surface area (Å²) >= 11 is 0. The zero-order chi connectivity index (χ0) is 17.1. The number of hydrogen-bond acceptors (Lipinski definition) is 4. The number of hydrogen-bond donors (Lipinski definition) is 2. The lowest BCUT2D eigenvalue weighted by atomic mass is 10.1. The van der Waals surface area contributed by atoms with Gasteiger partial charge in [-0.15, -0.1) is 0 Å². The van der Waals surface area contributed by atoms with Crippen LogP contribution in [0.25, 0.3) is 0 Å². The van der Waals surface area contributed by atoms with Crippen molar-refractivity contribution in [2.45, 2.75) is 26.7 Å². The van der Waals surface area contributed by atoms with Gasteiger partial charge in [0.15, 0.2) is 0 Å². The van der Waals surface area contributed by atoms with Crippen molar-refractivity contribution in [2.75, 3.05) is 36.0 Å². The topological polar surface area (TPSA) is 46.9 Å². The first-order valence-corrected chi connectivity index (χ1v) is 8.76. The molecule has 24 heavy (non-hydrogen) atoms.